The van der Waals surface area contributed by atoms with Crippen molar-refractivity contribution in [2.24, 2.45) is 5.73 Å². The third-order valence-electron chi connectivity index (χ3n) is 5.40. The Bertz CT molecular complexity index is 1260. The van der Waals surface area contributed by atoms with Gasteiger partial charge in [-0.15, -0.1) is 0 Å². The first-order valence-electron chi connectivity index (χ1n) is 10.7. The van der Waals surface area contributed by atoms with Gasteiger partial charge in [0.2, 0.25) is 0 Å². The zero-order valence-electron chi connectivity index (χ0n) is 19.0. The largest absolute Gasteiger partial charge is 0.493 e. The quantitative estimate of drug-likeness (QED) is 0.373. The lowest BCUT2D eigenvalue weighted by Crippen LogP contribution is -2.06. The second-order valence-corrected chi connectivity index (χ2v) is 7.38. The van der Waals surface area contributed by atoms with Gasteiger partial charge in [0, 0.05) is 10.9 Å². The van der Waals surface area contributed by atoms with Crippen molar-refractivity contribution in [3.63, 3.8) is 0 Å². The summed E-state index contributed by atoms with van der Waals surface area (Å²) in [6.45, 7) is 1.11. The van der Waals surface area contributed by atoms with Gasteiger partial charge in [0.1, 0.15) is 6.33 Å². The van der Waals surface area contributed by atoms with Crippen LogP contribution in [-0.4, -0.2) is 44.4 Å². The first-order valence-corrected chi connectivity index (χ1v) is 10.7. The number of ether oxygens (including phenoxy) is 4. The van der Waals surface area contributed by atoms with Crippen molar-refractivity contribution in [1.29, 1.82) is 0 Å². The Morgan fingerprint density at radius 3 is 2.06 bits per heavy atom. The molecule has 0 saturated carbocycles. The van der Waals surface area contributed by atoms with E-state index in [1.54, 1.807) is 27.7 Å². The van der Waals surface area contributed by atoms with E-state index in [0.29, 0.717) is 36.1 Å². The first kappa shape index (κ1) is 22.4. The van der Waals surface area contributed by atoms with Crippen molar-refractivity contribution < 1.29 is 18.9 Å². The molecular formula is C26H27N3O4. The Labute approximate surface area is 193 Å². The Morgan fingerprint density at radius 1 is 0.697 bits per heavy atom. The summed E-state index contributed by atoms with van der Waals surface area (Å²) in [6.07, 6.45) is 2.35. The van der Waals surface area contributed by atoms with Crippen LogP contribution in [0.15, 0.2) is 60.9 Å². The second-order valence-electron chi connectivity index (χ2n) is 7.38. The lowest BCUT2D eigenvalue weighted by atomic mass is 10.00. The molecule has 7 heteroatoms. The highest BCUT2D eigenvalue weighted by Crippen LogP contribution is 2.37. The van der Waals surface area contributed by atoms with Gasteiger partial charge < -0.3 is 24.7 Å². The third kappa shape index (κ3) is 4.68. The molecule has 33 heavy (non-hydrogen) atoms. The molecule has 0 saturated heterocycles. The molecular weight excluding hydrogens is 418 g/mol. The average Bonchev–Trinajstić information content (AvgIpc) is 2.87. The van der Waals surface area contributed by atoms with Crippen molar-refractivity contribution in [1.82, 2.24) is 9.97 Å². The van der Waals surface area contributed by atoms with Crippen molar-refractivity contribution in [2.45, 2.75) is 6.42 Å². The van der Waals surface area contributed by atoms with Crippen LogP contribution in [0.1, 0.15) is 6.42 Å². The Balaban J connectivity index is 1.78. The fourth-order valence-electron chi connectivity index (χ4n) is 3.68. The highest BCUT2D eigenvalue weighted by atomic mass is 16.5. The molecule has 2 N–H and O–H groups in total. The number of hydrogen-bond donors (Lipinski definition) is 1. The molecule has 0 aliphatic rings. The number of benzene rings is 3. The highest BCUT2D eigenvalue weighted by molar-refractivity contribution is 5.95. The van der Waals surface area contributed by atoms with Gasteiger partial charge in [-0.25, -0.2) is 9.97 Å². The SMILES string of the molecule is COc1ccc(-c2ncnc3ccc(-c4ccc(OC)c(OCCCN)c4)cc23)cc1OC. The maximum atomic E-state index is 5.90. The number of methoxy groups -OCH3 is 3. The van der Waals surface area contributed by atoms with Gasteiger partial charge in [-0.05, 0) is 66.6 Å². The smallest absolute Gasteiger partial charge is 0.161 e. The van der Waals surface area contributed by atoms with Crippen LogP contribution < -0.4 is 24.7 Å². The molecule has 0 unspecified atom stereocenters. The summed E-state index contributed by atoms with van der Waals surface area (Å²) in [4.78, 5) is 9.02. The Hall–Kier alpha value is -3.84. The van der Waals surface area contributed by atoms with Gasteiger partial charge in [-0.1, -0.05) is 12.1 Å². The monoisotopic (exact) mass is 445 g/mol. The summed E-state index contributed by atoms with van der Waals surface area (Å²) >= 11 is 0. The number of hydrogen-bond acceptors (Lipinski definition) is 7. The van der Waals surface area contributed by atoms with Crippen LogP contribution in [0.5, 0.6) is 23.0 Å². The van der Waals surface area contributed by atoms with Gasteiger partial charge in [0.05, 0.1) is 39.1 Å². The predicted molar refractivity (Wildman–Crippen MR) is 129 cm³/mol. The predicted octanol–water partition coefficient (Wildman–Crippen LogP) is 4.72. The van der Waals surface area contributed by atoms with Crippen LogP contribution in [0.25, 0.3) is 33.3 Å². The van der Waals surface area contributed by atoms with Crippen LogP contribution in [-0.2, 0) is 0 Å². The summed E-state index contributed by atoms with van der Waals surface area (Å²) in [5.74, 6) is 2.69. The van der Waals surface area contributed by atoms with E-state index in [0.717, 1.165) is 39.7 Å². The van der Waals surface area contributed by atoms with E-state index in [-0.39, 0.29) is 0 Å². The molecule has 0 fully saturated rings. The van der Waals surface area contributed by atoms with Gasteiger partial charge in [-0.2, -0.15) is 0 Å². The van der Waals surface area contributed by atoms with E-state index < -0.39 is 0 Å². The topological polar surface area (TPSA) is 88.7 Å². The molecule has 0 radical (unpaired) electrons. The molecule has 4 aromatic rings. The van der Waals surface area contributed by atoms with E-state index in [9.17, 15) is 0 Å². The van der Waals surface area contributed by atoms with Crippen LogP contribution in [0, 0.1) is 0 Å². The fraction of sp³-hybridized carbons (Fsp3) is 0.231. The second kappa shape index (κ2) is 10.2. The van der Waals surface area contributed by atoms with Crippen LogP contribution in [0.3, 0.4) is 0 Å². The van der Waals surface area contributed by atoms with Gasteiger partial charge in [0.25, 0.3) is 0 Å². The van der Waals surface area contributed by atoms with Crippen LogP contribution in [0.2, 0.25) is 0 Å². The normalized spacial score (nSPS) is 10.8. The zero-order valence-corrected chi connectivity index (χ0v) is 19.0. The fourth-order valence-corrected chi connectivity index (χ4v) is 3.68. The maximum Gasteiger partial charge on any atom is 0.161 e. The van der Waals surface area contributed by atoms with Gasteiger partial charge in [-0.3, -0.25) is 0 Å². The molecule has 3 aromatic carbocycles. The summed E-state index contributed by atoms with van der Waals surface area (Å²) in [6, 6.07) is 17.8. The van der Waals surface area contributed by atoms with Crippen molar-refractivity contribution in [3.8, 4) is 45.4 Å². The molecule has 7 nitrogen and oxygen atoms in total. The first-order chi connectivity index (χ1) is 16.2. The molecule has 0 aliphatic carbocycles. The number of nitrogens with two attached hydrogens (primary N) is 1. The standard InChI is InChI=1S/C26H27N3O4/c1-30-22-10-7-19(15-24(22)32-3)26-20-13-17(5-8-21(20)28-16-29-26)18-6-9-23(31-2)25(14-18)33-12-4-11-27/h5-10,13-16H,4,11-12,27H2,1-3H3. The summed E-state index contributed by atoms with van der Waals surface area (Å²) in [5.41, 5.74) is 10.2. The molecule has 4 rings (SSSR count). The minimum atomic E-state index is 0.533. The number of nitrogens with zero attached hydrogens (tertiary/aromatic N) is 2. The molecule has 1 aromatic heterocycles. The van der Waals surface area contributed by atoms with Gasteiger partial charge in [0.15, 0.2) is 23.0 Å². The van der Waals surface area contributed by atoms with E-state index in [2.05, 4.69) is 16.0 Å². The summed E-state index contributed by atoms with van der Waals surface area (Å²) < 4.78 is 22.2. The number of fused-ring (bicyclic) bond motifs is 1. The molecule has 0 bridgehead atoms. The summed E-state index contributed by atoms with van der Waals surface area (Å²) in [5, 5.41) is 0.934. The van der Waals surface area contributed by atoms with Crippen LogP contribution >= 0.6 is 0 Å². The van der Waals surface area contributed by atoms with Crippen molar-refractivity contribution in [3.05, 3.63) is 60.9 Å². The molecule has 0 aliphatic heterocycles. The Morgan fingerprint density at radius 2 is 1.33 bits per heavy atom. The zero-order chi connectivity index (χ0) is 23.2. The molecule has 0 amide bonds. The molecule has 0 atom stereocenters. The van der Waals surface area contributed by atoms with Gasteiger partial charge >= 0.3 is 0 Å². The van der Waals surface area contributed by atoms with E-state index in [1.807, 2.05) is 48.5 Å². The minimum absolute atomic E-state index is 0.533. The lowest BCUT2D eigenvalue weighted by Gasteiger charge is -2.13. The highest BCUT2D eigenvalue weighted by Gasteiger charge is 2.13. The lowest BCUT2D eigenvalue weighted by molar-refractivity contribution is 0.291. The van der Waals surface area contributed by atoms with E-state index in [1.165, 1.54) is 0 Å². The van der Waals surface area contributed by atoms with Crippen molar-refractivity contribution >= 4 is 10.9 Å². The van der Waals surface area contributed by atoms with E-state index in [4.69, 9.17) is 24.7 Å². The molecule has 1 heterocycles. The third-order valence-corrected chi connectivity index (χ3v) is 5.40. The Kier molecular flexibility index (Phi) is 6.90. The molecule has 170 valence electrons. The maximum absolute atomic E-state index is 5.90. The van der Waals surface area contributed by atoms with Crippen molar-refractivity contribution in [2.75, 3.05) is 34.5 Å². The van der Waals surface area contributed by atoms with E-state index >= 15 is 0 Å². The number of aromatic nitrogens is 2. The average molecular weight is 446 g/mol. The molecule has 0 spiro atoms. The summed E-state index contributed by atoms with van der Waals surface area (Å²) in [7, 11) is 4.87. The van der Waals surface area contributed by atoms with Crippen LogP contribution in [0.4, 0.5) is 0 Å². The number of rotatable bonds is 9. The minimum Gasteiger partial charge on any atom is -0.493 e.